The molecule has 100 valence electrons. The second-order valence-electron chi connectivity index (χ2n) is 4.07. The highest BCUT2D eigenvalue weighted by Gasteiger charge is 2.04. The summed E-state index contributed by atoms with van der Waals surface area (Å²) in [6.07, 6.45) is 2.70. The molecule has 0 aliphatic rings. The van der Waals surface area contributed by atoms with Gasteiger partial charge in [0.25, 0.3) is 0 Å². The molecule has 0 aliphatic carbocycles. The Labute approximate surface area is 113 Å². The van der Waals surface area contributed by atoms with Gasteiger partial charge >= 0.3 is 0 Å². The van der Waals surface area contributed by atoms with E-state index in [9.17, 15) is 0 Å². The van der Waals surface area contributed by atoms with Crippen LogP contribution in [0, 0.1) is 0 Å². The molecule has 2 aromatic rings. The molecule has 1 N–H and O–H groups in total. The summed E-state index contributed by atoms with van der Waals surface area (Å²) >= 11 is 0. The second kappa shape index (κ2) is 6.64. The molecule has 1 aromatic carbocycles. The Bertz CT molecular complexity index is 515. The van der Waals surface area contributed by atoms with Crippen LogP contribution in [0.4, 0.5) is 5.69 Å². The molecule has 1 aromatic heterocycles. The normalized spacial score (nSPS) is 10.0. The summed E-state index contributed by atoms with van der Waals surface area (Å²) in [7, 11) is 3.27. The summed E-state index contributed by atoms with van der Waals surface area (Å²) in [5.74, 6) is 1.46. The molecule has 0 spiro atoms. The molecule has 0 saturated heterocycles. The Balaban J connectivity index is 1.93. The maximum atomic E-state index is 5.26. The molecule has 0 atom stereocenters. The van der Waals surface area contributed by atoms with Crippen LogP contribution in [0.5, 0.6) is 11.5 Å². The first-order valence-corrected chi connectivity index (χ1v) is 6.19. The topological polar surface area (TPSA) is 43.4 Å². The van der Waals surface area contributed by atoms with Crippen LogP contribution in [0.2, 0.25) is 0 Å². The maximum Gasteiger partial charge on any atom is 0.162 e. The largest absolute Gasteiger partial charge is 0.493 e. The van der Waals surface area contributed by atoms with Crippen LogP contribution in [-0.2, 0) is 6.42 Å². The lowest BCUT2D eigenvalue weighted by atomic mass is 10.2. The quantitative estimate of drug-likeness (QED) is 0.865. The van der Waals surface area contributed by atoms with E-state index in [-0.39, 0.29) is 0 Å². The maximum absolute atomic E-state index is 5.26. The minimum Gasteiger partial charge on any atom is -0.493 e. The standard InChI is InChI=1S/C15H18N2O2/c1-18-14-7-6-13(11-15(14)19-2)17-10-8-12-5-3-4-9-16-12/h3-7,9,11,17H,8,10H2,1-2H3. The molecule has 0 bridgehead atoms. The molecule has 0 radical (unpaired) electrons. The summed E-state index contributed by atoms with van der Waals surface area (Å²) in [6, 6.07) is 11.7. The van der Waals surface area contributed by atoms with E-state index in [1.165, 1.54) is 0 Å². The molecule has 0 saturated carbocycles. The molecule has 4 nitrogen and oxygen atoms in total. The number of nitrogens with one attached hydrogen (secondary N) is 1. The van der Waals surface area contributed by atoms with Crippen LogP contribution in [0.15, 0.2) is 42.6 Å². The number of hydrogen-bond acceptors (Lipinski definition) is 4. The molecule has 0 amide bonds. The van der Waals surface area contributed by atoms with E-state index in [1.54, 1.807) is 14.2 Å². The zero-order chi connectivity index (χ0) is 13.5. The van der Waals surface area contributed by atoms with Gasteiger partial charge in [0.05, 0.1) is 14.2 Å². The van der Waals surface area contributed by atoms with Gasteiger partial charge in [-0.25, -0.2) is 0 Å². The molecule has 4 heteroatoms. The van der Waals surface area contributed by atoms with E-state index in [1.807, 2.05) is 42.6 Å². The fourth-order valence-corrected chi connectivity index (χ4v) is 1.83. The number of methoxy groups -OCH3 is 2. The van der Waals surface area contributed by atoms with Crippen molar-refractivity contribution in [1.82, 2.24) is 4.98 Å². The van der Waals surface area contributed by atoms with E-state index >= 15 is 0 Å². The predicted octanol–water partition coefficient (Wildman–Crippen LogP) is 2.75. The lowest BCUT2D eigenvalue weighted by molar-refractivity contribution is 0.355. The lowest BCUT2D eigenvalue weighted by Crippen LogP contribution is -2.06. The Morgan fingerprint density at radius 3 is 2.58 bits per heavy atom. The molecular weight excluding hydrogens is 240 g/mol. The van der Waals surface area contributed by atoms with Gasteiger partial charge in [-0.05, 0) is 24.3 Å². The predicted molar refractivity (Wildman–Crippen MR) is 76.0 cm³/mol. The number of hydrogen-bond donors (Lipinski definition) is 1. The molecule has 0 fully saturated rings. The van der Waals surface area contributed by atoms with Crippen LogP contribution in [0.25, 0.3) is 0 Å². The second-order valence-corrected chi connectivity index (χ2v) is 4.07. The van der Waals surface area contributed by atoms with Crippen molar-refractivity contribution in [1.29, 1.82) is 0 Å². The van der Waals surface area contributed by atoms with Crippen LogP contribution in [0.1, 0.15) is 5.69 Å². The van der Waals surface area contributed by atoms with Gasteiger partial charge in [0.2, 0.25) is 0 Å². The SMILES string of the molecule is COc1ccc(NCCc2ccccn2)cc1OC. The van der Waals surface area contributed by atoms with Gasteiger partial charge in [-0.1, -0.05) is 6.07 Å². The number of pyridine rings is 1. The van der Waals surface area contributed by atoms with E-state index in [0.717, 1.165) is 35.8 Å². The highest BCUT2D eigenvalue weighted by molar-refractivity contribution is 5.54. The molecule has 0 aliphatic heterocycles. The number of anilines is 1. The number of rotatable bonds is 6. The number of benzene rings is 1. The fraction of sp³-hybridized carbons (Fsp3) is 0.267. The average Bonchev–Trinajstić information content (AvgIpc) is 2.48. The zero-order valence-electron chi connectivity index (χ0n) is 11.2. The van der Waals surface area contributed by atoms with Gasteiger partial charge < -0.3 is 14.8 Å². The van der Waals surface area contributed by atoms with E-state index < -0.39 is 0 Å². The minimum atomic E-state index is 0.727. The molecule has 1 heterocycles. The van der Waals surface area contributed by atoms with Crippen LogP contribution < -0.4 is 14.8 Å². The third-order valence-electron chi connectivity index (χ3n) is 2.82. The first-order chi connectivity index (χ1) is 9.33. The first-order valence-electron chi connectivity index (χ1n) is 6.19. The van der Waals surface area contributed by atoms with Crippen molar-refractivity contribution in [3.05, 3.63) is 48.3 Å². The Hall–Kier alpha value is -2.23. The Morgan fingerprint density at radius 1 is 1.05 bits per heavy atom. The van der Waals surface area contributed by atoms with Crippen molar-refractivity contribution >= 4 is 5.69 Å². The van der Waals surface area contributed by atoms with Crippen molar-refractivity contribution in [2.24, 2.45) is 0 Å². The summed E-state index contributed by atoms with van der Waals surface area (Å²) < 4.78 is 10.5. The van der Waals surface area contributed by atoms with Crippen molar-refractivity contribution in [2.45, 2.75) is 6.42 Å². The summed E-state index contributed by atoms with van der Waals surface area (Å²) in [4.78, 5) is 4.29. The average molecular weight is 258 g/mol. The van der Waals surface area contributed by atoms with Crippen molar-refractivity contribution < 1.29 is 9.47 Å². The molecular formula is C15H18N2O2. The number of aromatic nitrogens is 1. The Morgan fingerprint density at radius 2 is 1.89 bits per heavy atom. The van der Waals surface area contributed by atoms with Crippen LogP contribution >= 0.6 is 0 Å². The Kier molecular flexibility index (Phi) is 4.61. The highest BCUT2D eigenvalue weighted by atomic mass is 16.5. The van der Waals surface area contributed by atoms with Gasteiger partial charge in [-0.3, -0.25) is 4.98 Å². The molecule has 2 rings (SSSR count). The third-order valence-corrected chi connectivity index (χ3v) is 2.82. The molecule has 0 unspecified atom stereocenters. The van der Waals surface area contributed by atoms with E-state index in [4.69, 9.17) is 9.47 Å². The highest BCUT2D eigenvalue weighted by Crippen LogP contribution is 2.29. The fourth-order valence-electron chi connectivity index (χ4n) is 1.83. The first kappa shape index (κ1) is 13.2. The number of ether oxygens (including phenoxy) is 2. The minimum absolute atomic E-state index is 0.727. The van der Waals surface area contributed by atoms with Gasteiger partial charge in [-0.2, -0.15) is 0 Å². The summed E-state index contributed by atoms with van der Waals surface area (Å²) in [5.41, 5.74) is 2.09. The number of nitrogens with zero attached hydrogens (tertiary/aromatic N) is 1. The van der Waals surface area contributed by atoms with E-state index in [0.29, 0.717) is 0 Å². The lowest BCUT2D eigenvalue weighted by Gasteiger charge is -2.11. The van der Waals surface area contributed by atoms with Crippen LogP contribution in [-0.4, -0.2) is 25.7 Å². The van der Waals surface area contributed by atoms with Gasteiger partial charge in [-0.15, -0.1) is 0 Å². The third kappa shape index (κ3) is 3.61. The molecule has 19 heavy (non-hydrogen) atoms. The zero-order valence-corrected chi connectivity index (χ0v) is 11.2. The van der Waals surface area contributed by atoms with Crippen molar-refractivity contribution in [3.8, 4) is 11.5 Å². The van der Waals surface area contributed by atoms with Crippen LogP contribution in [0.3, 0.4) is 0 Å². The smallest absolute Gasteiger partial charge is 0.162 e. The monoisotopic (exact) mass is 258 g/mol. The van der Waals surface area contributed by atoms with Gasteiger partial charge in [0.1, 0.15) is 0 Å². The van der Waals surface area contributed by atoms with Gasteiger partial charge in [0.15, 0.2) is 11.5 Å². The summed E-state index contributed by atoms with van der Waals surface area (Å²) in [5, 5.41) is 3.34. The summed E-state index contributed by atoms with van der Waals surface area (Å²) in [6.45, 7) is 0.826. The van der Waals surface area contributed by atoms with Crippen molar-refractivity contribution in [3.63, 3.8) is 0 Å². The van der Waals surface area contributed by atoms with E-state index in [2.05, 4.69) is 10.3 Å². The van der Waals surface area contributed by atoms with Crippen molar-refractivity contribution in [2.75, 3.05) is 26.1 Å². The van der Waals surface area contributed by atoms with Gasteiger partial charge in [0, 0.05) is 36.6 Å².